The maximum absolute atomic E-state index is 14.4. The average Bonchev–Trinajstić information content (AvgIpc) is 3.05. The quantitative estimate of drug-likeness (QED) is 0.793. The van der Waals surface area contributed by atoms with E-state index >= 15 is 0 Å². The van der Waals surface area contributed by atoms with Gasteiger partial charge in [-0.25, -0.2) is 9.37 Å². The fraction of sp³-hybridized carbons (Fsp3) is 0.444. The van der Waals surface area contributed by atoms with Crippen molar-refractivity contribution < 1.29 is 22.4 Å². The molecule has 1 fully saturated rings. The number of hydrogen-bond acceptors (Lipinski definition) is 3. The van der Waals surface area contributed by atoms with Crippen LogP contribution < -0.4 is 10.6 Å². The van der Waals surface area contributed by atoms with Gasteiger partial charge in [0, 0.05) is 18.2 Å². The summed E-state index contributed by atoms with van der Waals surface area (Å²) in [7, 11) is 0. The molecule has 3 unspecified atom stereocenters. The van der Waals surface area contributed by atoms with E-state index in [1.54, 1.807) is 10.8 Å². The zero-order valence-electron chi connectivity index (χ0n) is 14.8. The van der Waals surface area contributed by atoms with Gasteiger partial charge in [0.15, 0.2) is 0 Å². The molecule has 0 radical (unpaired) electrons. The summed E-state index contributed by atoms with van der Waals surface area (Å²) >= 11 is 0. The molecule has 2 heterocycles. The average molecular weight is 384 g/mol. The lowest BCUT2D eigenvalue weighted by atomic mass is 10.0. The van der Waals surface area contributed by atoms with E-state index in [0.29, 0.717) is 18.2 Å². The van der Waals surface area contributed by atoms with Gasteiger partial charge < -0.3 is 9.88 Å². The van der Waals surface area contributed by atoms with Crippen molar-refractivity contribution in [1.82, 2.24) is 20.2 Å². The number of hydrogen-bond donors (Lipinski definition) is 2. The van der Waals surface area contributed by atoms with Crippen LogP contribution in [0.2, 0.25) is 0 Å². The second-order valence-electron chi connectivity index (χ2n) is 6.62. The van der Waals surface area contributed by atoms with Gasteiger partial charge in [-0.05, 0) is 25.5 Å². The highest BCUT2D eigenvalue weighted by Crippen LogP contribution is 2.33. The molecule has 1 aromatic heterocycles. The highest BCUT2D eigenvalue weighted by atomic mass is 19.4. The molecule has 5 nitrogen and oxygen atoms in total. The van der Waals surface area contributed by atoms with Crippen molar-refractivity contribution in [2.24, 2.45) is 0 Å². The summed E-state index contributed by atoms with van der Waals surface area (Å²) in [6.07, 6.45) is -0.878. The summed E-state index contributed by atoms with van der Waals surface area (Å²) in [5.74, 6) is -1.00. The summed E-state index contributed by atoms with van der Waals surface area (Å²) in [5, 5.41) is 5.95. The van der Waals surface area contributed by atoms with Crippen LogP contribution in [0.4, 0.5) is 17.6 Å². The van der Waals surface area contributed by atoms with Gasteiger partial charge in [0.05, 0.1) is 35.8 Å². The fourth-order valence-corrected chi connectivity index (χ4v) is 3.35. The minimum atomic E-state index is -4.59. The maximum atomic E-state index is 14.4. The lowest BCUT2D eigenvalue weighted by molar-refractivity contribution is -0.137. The molecule has 146 valence electrons. The minimum Gasteiger partial charge on any atom is -0.341 e. The molecule has 0 saturated carbocycles. The van der Waals surface area contributed by atoms with E-state index in [1.165, 1.54) is 12.4 Å². The summed E-state index contributed by atoms with van der Waals surface area (Å²) in [5.41, 5.74) is -0.226. The maximum Gasteiger partial charge on any atom is 0.416 e. The first-order chi connectivity index (χ1) is 12.7. The van der Waals surface area contributed by atoms with Crippen LogP contribution in [-0.4, -0.2) is 21.6 Å². The van der Waals surface area contributed by atoms with Crippen LogP contribution in [0, 0.1) is 5.82 Å². The van der Waals surface area contributed by atoms with Crippen LogP contribution in [-0.2, 0) is 11.0 Å². The normalized spacial score (nSPS) is 21.8. The van der Waals surface area contributed by atoms with Crippen LogP contribution in [0.5, 0.6) is 0 Å². The summed E-state index contributed by atoms with van der Waals surface area (Å²) in [6, 6.07) is 1.80. The molecule has 0 spiro atoms. The Bertz CT molecular complexity index is 833. The molecule has 1 aliphatic heterocycles. The molecule has 0 bridgehead atoms. The Labute approximate surface area is 153 Å². The first-order valence-corrected chi connectivity index (χ1v) is 8.64. The van der Waals surface area contributed by atoms with E-state index in [0.717, 1.165) is 6.07 Å². The number of imidazole rings is 1. The third kappa shape index (κ3) is 4.13. The number of rotatable bonds is 4. The van der Waals surface area contributed by atoms with Crippen molar-refractivity contribution >= 4 is 5.91 Å². The van der Waals surface area contributed by atoms with E-state index in [4.69, 9.17) is 0 Å². The molecule has 0 aliphatic carbocycles. The number of nitrogens with one attached hydrogen (secondary N) is 2. The monoisotopic (exact) mass is 384 g/mol. The van der Waals surface area contributed by atoms with Gasteiger partial charge in [0.2, 0.25) is 5.91 Å². The van der Waals surface area contributed by atoms with Crippen molar-refractivity contribution in [3.63, 3.8) is 0 Å². The number of carbonyl (C=O) groups is 1. The van der Waals surface area contributed by atoms with Gasteiger partial charge in [-0.3, -0.25) is 10.1 Å². The van der Waals surface area contributed by atoms with Crippen molar-refractivity contribution in [2.75, 3.05) is 0 Å². The number of nitrogens with zero attached hydrogens (tertiary/aromatic N) is 2. The number of aromatic nitrogens is 2. The Morgan fingerprint density at radius 3 is 2.70 bits per heavy atom. The molecule has 1 saturated heterocycles. The SMILES string of the molecule is CCC(c1ccc(C(F)(F)F)cc1F)n1cnc(C2CC(=O)NC(C)N2)c1. The molecule has 1 amide bonds. The van der Waals surface area contributed by atoms with Crippen molar-refractivity contribution in [3.8, 4) is 0 Å². The molecule has 1 aliphatic rings. The van der Waals surface area contributed by atoms with Crippen molar-refractivity contribution in [2.45, 2.75) is 51.1 Å². The highest BCUT2D eigenvalue weighted by Gasteiger charge is 2.32. The van der Waals surface area contributed by atoms with Crippen LogP contribution in [0.25, 0.3) is 0 Å². The lowest BCUT2D eigenvalue weighted by Crippen LogP contribution is -2.51. The molecule has 9 heteroatoms. The molecule has 2 N–H and O–H groups in total. The van der Waals surface area contributed by atoms with Crippen LogP contribution in [0.3, 0.4) is 0 Å². The molecule has 1 aromatic carbocycles. The third-order valence-corrected chi connectivity index (χ3v) is 4.63. The Hall–Kier alpha value is -2.42. The zero-order valence-corrected chi connectivity index (χ0v) is 14.8. The second-order valence-corrected chi connectivity index (χ2v) is 6.62. The van der Waals surface area contributed by atoms with Gasteiger partial charge in [-0.2, -0.15) is 13.2 Å². The summed E-state index contributed by atoms with van der Waals surface area (Å²) < 4.78 is 54.3. The van der Waals surface area contributed by atoms with Crippen molar-refractivity contribution in [1.29, 1.82) is 0 Å². The molecular weight excluding hydrogens is 364 g/mol. The largest absolute Gasteiger partial charge is 0.416 e. The molecule has 3 atom stereocenters. The van der Waals surface area contributed by atoms with Gasteiger partial charge in [0.1, 0.15) is 5.82 Å². The Morgan fingerprint density at radius 1 is 1.37 bits per heavy atom. The highest BCUT2D eigenvalue weighted by molar-refractivity contribution is 5.77. The first kappa shape index (κ1) is 19.3. The summed E-state index contributed by atoms with van der Waals surface area (Å²) in [6.45, 7) is 3.63. The van der Waals surface area contributed by atoms with Gasteiger partial charge >= 0.3 is 6.18 Å². The fourth-order valence-electron chi connectivity index (χ4n) is 3.35. The standard InChI is InChI=1S/C18H20F4N4O/c1-3-16(12-5-4-11(6-13(12)19)18(20,21)22)26-8-15(23-9-26)14-7-17(27)25-10(2)24-14/h4-6,8-10,14,16,24H,3,7H2,1-2H3,(H,25,27). The number of halogens is 4. The van der Waals surface area contributed by atoms with Gasteiger partial charge in [-0.15, -0.1) is 0 Å². The molecular formula is C18H20F4N4O. The number of benzene rings is 1. The van der Waals surface area contributed by atoms with Crippen LogP contribution in [0.15, 0.2) is 30.7 Å². The van der Waals surface area contributed by atoms with E-state index in [2.05, 4.69) is 15.6 Å². The zero-order chi connectivity index (χ0) is 19.8. The summed E-state index contributed by atoms with van der Waals surface area (Å²) in [4.78, 5) is 16.0. The third-order valence-electron chi connectivity index (χ3n) is 4.63. The Kier molecular flexibility index (Phi) is 5.23. The Morgan fingerprint density at radius 2 is 2.11 bits per heavy atom. The van der Waals surface area contributed by atoms with E-state index in [-0.39, 0.29) is 30.1 Å². The van der Waals surface area contributed by atoms with Crippen LogP contribution >= 0.6 is 0 Å². The molecule has 2 aromatic rings. The topological polar surface area (TPSA) is 59.0 Å². The molecule has 3 rings (SSSR count). The number of alkyl halides is 3. The molecule has 27 heavy (non-hydrogen) atoms. The Balaban J connectivity index is 1.87. The first-order valence-electron chi connectivity index (χ1n) is 8.64. The minimum absolute atomic E-state index is 0.0957. The van der Waals surface area contributed by atoms with Gasteiger partial charge in [-0.1, -0.05) is 13.0 Å². The van der Waals surface area contributed by atoms with E-state index in [1.807, 2.05) is 13.8 Å². The second kappa shape index (κ2) is 7.30. The number of amides is 1. The van der Waals surface area contributed by atoms with E-state index < -0.39 is 23.6 Å². The predicted octanol–water partition coefficient (Wildman–Crippen LogP) is 3.54. The van der Waals surface area contributed by atoms with Crippen molar-refractivity contribution in [3.05, 3.63) is 53.4 Å². The predicted molar refractivity (Wildman–Crippen MR) is 90.2 cm³/mol. The number of carbonyl (C=O) groups excluding carboxylic acids is 1. The van der Waals surface area contributed by atoms with E-state index in [9.17, 15) is 22.4 Å². The lowest BCUT2D eigenvalue weighted by Gasteiger charge is -2.28. The smallest absolute Gasteiger partial charge is 0.341 e. The van der Waals surface area contributed by atoms with Crippen LogP contribution in [0.1, 0.15) is 55.6 Å². The van der Waals surface area contributed by atoms with Gasteiger partial charge in [0.25, 0.3) is 0 Å².